The Kier molecular flexibility index (Phi) is 2.55. The topological polar surface area (TPSA) is 12.9 Å². The summed E-state index contributed by atoms with van der Waals surface area (Å²) in [7, 11) is 0. The fourth-order valence-electron chi connectivity index (χ4n) is 4.45. The van der Waals surface area contributed by atoms with Crippen LogP contribution in [0.25, 0.3) is 32.8 Å². The summed E-state index contributed by atoms with van der Waals surface area (Å²) >= 11 is 0. The summed E-state index contributed by atoms with van der Waals surface area (Å²) in [6.45, 7) is 6.91. The van der Waals surface area contributed by atoms with Crippen molar-refractivity contribution in [1.82, 2.24) is 4.98 Å². The summed E-state index contributed by atoms with van der Waals surface area (Å²) in [5, 5.41) is 5.19. The third kappa shape index (κ3) is 1.57. The van der Waals surface area contributed by atoms with Crippen LogP contribution >= 0.6 is 0 Å². The predicted octanol–water partition coefficient (Wildman–Crippen LogP) is 6.00. The number of aryl methyl sites for hydroxylation is 1. The molecule has 1 aliphatic rings. The maximum absolute atomic E-state index is 4.89. The highest BCUT2D eigenvalue weighted by Gasteiger charge is 2.39. The van der Waals surface area contributed by atoms with Gasteiger partial charge in [0, 0.05) is 22.6 Å². The first-order valence-electron chi connectivity index (χ1n) is 8.50. The molecule has 0 saturated carbocycles. The molecule has 1 nitrogen and oxygen atoms in total. The van der Waals surface area contributed by atoms with Crippen LogP contribution in [-0.2, 0) is 5.41 Å². The van der Waals surface area contributed by atoms with Crippen molar-refractivity contribution in [2.75, 3.05) is 0 Å². The van der Waals surface area contributed by atoms with Crippen molar-refractivity contribution in [1.29, 1.82) is 0 Å². The SMILES string of the molecule is Cc1c2c(cc3ccccc13)C(C)(C)c1c-2ncc2ccccc12. The molecule has 0 radical (unpaired) electrons. The van der Waals surface area contributed by atoms with Crippen molar-refractivity contribution < 1.29 is 0 Å². The Morgan fingerprint density at radius 1 is 0.833 bits per heavy atom. The van der Waals surface area contributed by atoms with Crippen LogP contribution in [0, 0.1) is 6.92 Å². The average molecular weight is 309 g/mol. The molecule has 0 bridgehead atoms. The molecule has 116 valence electrons. The van der Waals surface area contributed by atoms with Crippen molar-refractivity contribution in [2.24, 2.45) is 0 Å². The minimum Gasteiger partial charge on any atom is -0.255 e. The first-order chi connectivity index (χ1) is 11.6. The molecule has 0 atom stereocenters. The molecule has 4 aromatic rings. The molecule has 1 heteroatoms. The highest BCUT2D eigenvalue weighted by Crippen LogP contribution is 2.52. The molecule has 0 spiro atoms. The molecule has 0 saturated heterocycles. The zero-order valence-corrected chi connectivity index (χ0v) is 14.2. The van der Waals surface area contributed by atoms with E-state index in [1.807, 2.05) is 6.20 Å². The quantitative estimate of drug-likeness (QED) is 0.388. The molecule has 5 rings (SSSR count). The maximum atomic E-state index is 4.89. The van der Waals surface area contributed by atoms with Crippen LogP contribution in [0.1, 0.15) is 30.5 Å². The zero-order chi connectivity index (χ0) is 16.5. The fourth-order valence-corrected chi connectivity index (χ4v) is 4.45. The molecule has 1 heterocycles. The number of rotatable bonds is 0. The maximum Gasteiger partial charge on any atom is 0.0755 e. The van der Waals surface area contributed by atoms with Gasteiger partial charge >= 0.3 is 0 Å². The lowest BCUT2D eigenvalue weighted by molar-refractivity contribution is 0.665. The van der Waals surface area contributed by atoms with Gasteiger partial charge in [0.1, 0.15) is 0 Å². The first-order valence-corrected chi connectivity index (χ1v) is 8.50. The highest BCUT2D eigenvalue weighted by molar-refractivity contribution is 6.01. The third-order valence-electron chi connectivity index (χ3n) is 5.64. The Balaban J connectivity index is 1.99. The Morgan fingerprint density at radius 3 is 2.29 bits per heavy atom. The summed E-state index contributed by atoms with van der Waals surface area (Å²) < 4.78 is 0. The molecule has 1 aliphatic carbocycles. The van der Waals surface area contributed by atoms with Crippen molar-refractivity contribution in [3.05, 3.63) is 77.5 Å². The number of pyridine rings is 1. The third-order valence-corrected chi connectivity index (χ3v) is 5.64. The van der Waals surface area contributed by atoms with E-state index < -0.39 is 0 Å². The molecule has 24 heavy (non-hydrogen) atoms. The molecule has 1 aromatic heterocycles. The van der Waals surface area contributed by atoms with Gasteiger partial charge in [-0.3, -0.25) is 4.98 Å². The number of nitrogens with zero attached hydrogens (tertiary/aromatic N) is 1. The van der Waals surface area contributed by atoms with Gasteiger partial charge < -0.3 is 0 Å². The van der Waals surface area contributed by atoms with E-state index in [9.17, 15) is 0 Å². The van der Waals surface area contributed by atoms with Crippen LogP contribution in [0.4, 0.5) is 0 Å². The van der Waals surface area contributed by atoms with Crippen LogP contribution in [0.5, 0.6) is 0 Å². The molecule has 0 amide bonds. The standard InChI is InChI=1S/C23H19N/c1-14-17-10-6-4-8-15(17)12-19-20(14)22-21(23(19,2)3)18-11-7-5-9-16(18)13-24-22/h4-13H,1-3H3. The van der Waals surface area contributed by atoms with Crippen LogP contribution in [0.3, 0.4) is 0 Å². The summed E-state index contributed by atoms with van der Waals surface area (Å²) in [4.78, 5) is 4.89. The van der Waals surface area contributed by atoms with Crippen molar-refractivity contribution in [3.8, 4) is 11.3 Å². The largest absolute Gasteiger partial charge is 0.255 e. The van der Waals surface area contributed by atoms with Crippen molar-refractivity contribution in [2.45, 2.75) is 26.2 Å². The van der Waals surface area contributed by atoms with Gasteiger partial charge in [0.15, 0.2) is 0 Å². The van der Waals surface area contributed by atoms with Crippen LogP contribution in [0.15, 0.2) is 60.8 Å². The number of benzene rings is 3. The highest BCUT2D eigenvalue weighted by atomic mass is 14.7. The van der Waals surface area contributed by atoms with E-state index in [2.05, 4.69) is 75.4 Å². The molecular formula is C23H19N. The van der Waals surface area contributed by atoms with Crippen LogP contribution in [0.2, 0.25) is 0 Å². The summed E-state index contributed by atoms with van der Waals surface area (Å²) in [5.41, 5.74) is 6.58. The zero-order valence-electron chi connectivity index (χ0n) is 14.2. The molecular weight excluding hydrogens is 290 g/mol. The second-order valence-corrected chi connectivity index (χ2v) is 7.34. The van der Waals surface area contributed by atoms with Gasteiger partial charge in [-0.15, -0.1) is 0 Å². The summed E-state index contributed by atoms with van der Waals surface area (Å²) in [6, 6.07) is 19.7. The van der Waals surface area contributed by atoms with Gasteiger partial charge in [-0.1, -0.05) is 62.4 Å². The van der Waals surface area contributed by atoms with E-state index in [4.69, 9.17) is 4.98 Å². The second-order valence-electron chi connectivity index (χ2n) is 7.34. The normalized spacial score (nSPS) is 14.8. The van der Waals surface area contributed by atoms with Gasteiger partial charge in [0.2, 0.25) is 0 Å². The van der Waals surface area contributed by atoms with E-state index >= 15 is 0 Å². The van der Waals surface area contributed by atoms with Crippen molar-refractivity contribution >= 4 is 21.5 Å². The summed E-state index contributed by atoms with van der Waals surface area (Å²) in [6.07, 6.45) is 2.02. The molecule has 0 aliphatic heterocycles. The number of hydrogen-bond donors (Lipinski definition) is 0. The number of aromatic nitrogens is 1. The number of hydrogen-bond acceptors (Lipinski definition) is 1. The Morgan fingerprint density at radius 2 is 1.50 bits per heavy atom. The lowest BCUT2D eigenvalue weighted by atomic mass is 9.80. The second kappa shape index (κ2) is 4.45. The Hall–Kier alpha value is -2.67. The lowest BCUT2D eigenvalue weighted by Gasteiger charge is -2.23. The molecule has 0 N–H and O–H groups in total. The van der Waals surface area contributed by atoms with Gasteiger partial charge in [-0.2, -0.15) is 0 Å². The number of fused-ring (bicyclic) bond motifs is 6. The van der Waals surface area contributed by atoms with E-state index in [1.165, 1.54) is 43.8 Å². The van der Waals surface area contributed by atoms with Crippen LogP contribution < -0.4 is 0 Å². The van der Waals surface area contributed by atoms with Crippen molar-refractivity contribution in [3.63, 3.8) is 0 Å². The Labute approximate surface area is 142 Å². The van der Waals surface area contributed by atoms with E-state index in [1.54, 1.807) is 0 Å². The molecule has 0 unspecified atom stereocenters. The minimum absolute atomic E-state index is 0.0344. The summed E-state index contributed by atoms with van der Waals surface area (Å²) in [5.74, 6) is 0. The molecule has 0 fully saturated rings. The van der Waals surface area contributed by atoms with E-state index in [0.717, 1.165) is 5.69 Å². The Bertz CT molecular complexity index is 1140. The lowest BCUT2D eigenvalue weighted by Crippen LogP contribution is -2.15. The van der Waals surface area contributed by atoms with Crippen LogP contribution in [-0.4, -0.2) is 4.98 Å². The van der Waals surface area contributed by atoms with E-state index in [-0.39, 0.29) is 5.41 Å². The van der Waals surface area contributed by atoms with Gasteiger partial charge in [-0.25, -0.2) is 0 Å². The molecule has 3 aromatic carbocycles. The smallest absolute Gasteiger partial charge is 0.0755 e. The van der Waals surface area contributed by atoms with Gasteiger partial charge in [0.05, 0.1) is 5.69 Å². The first kappa shape index (κ1) is 13.7. The monoisotopic (exact) mass is 309 g/mol. The van der Waals surface area contributed by atoms with Gasteiger partial charge in [-0.05, 0) is 45.8 Å². The average Bonchev–Trinajstić information content (AvgIpc) is 2.83. The fraction of sp³-hybridized carbons (Fsp3) is 0.174. The minimum atomic E-state index is -0.0344. The predicted molar refractivity (Wildman–Crippen MR) is 102 cm³/mol. The van der Waals surface area contributed by atoms with E-state index in [0.29, 0.717) is 0 Å². The van der Waals surface area contributed by atoms with Gasteiger partial charge in [0.25, 0.3) is 0 Å².